The summed E-state index contributed by atoms with van der Waals surface area (Å²) in [5.74, 6) is 1.37. The molecule has 0 unspecified atom stereocenters. The largest absolute Gasteiger partial charge is 0.497 e. The molecule has 1 aliphatic rings. The van der Waals surface area contributed by atoms with Crippen LogP contribution in [0, 0.1) is 0 Å². The van der Waals surface area contributed by atoms with Crippen molar-refractivity contribution in [1.82, 2.24) is 14.8 Å². The van der Waals surface area contributed by atoms with Crippen LogP contribution in [0.3, 0.4) is 0 Å². The van der Waals surface area contributed by atoms with E-state index < -0.39 is 5.54 Å². The van der Waals surface area contributed by atoms with E-state index >= 15 is 0 Å². The number of hydrogen-bond donors (Lipinski definition) is 1. The van der Waals surface area contributed by atoms with Gasteiger partial charge in [-0.3, -0.25) is 9.59 Å². The normalized spacial score (nSPS) is 16.8. The fourth-order valence-corrected chi connectivity index (χ4v) is 4.80. The quantitative estimate of drug-likeness (QED) is 0.386. The molecule has 0 radical (unpaired) electrons. The zero-order valence-electron chi connectivity index (χ0n) is 21.1. The summed E-state index contributed by atoms with van der Waals surface area (Å²) in [6.45, 7) is 2.57. The topological polar surface area (TPSA) is 85.9 Å². The highest BCUT2D eigenvalue weighted by molar-refractivity contribution is 6.00. The zero-order chi connectivity index (χ0) is 26.0. The number of carbonyl (C=O) groups excluding carboxylic acids is 2. The third kappa shape index (κ3) is 4.46. The minimum absolute atomic E-state index is 0.162. The molecule has 5 rings (SSSR count). The molecule has 1 N–H and O–H groups in total. The highest BCUT2D eigenvalue weighted by atomic mass is 16.5. The summed E-state index contributed by atoms with van der Waals surface area (Å²) in [5, 5.41) is 3.05. The Balaban J connectivity index is 1.55. The molecular formula is C29H29N3O5. The molecule has 0 spiro atoms. The van der Waals surface area contributed by atoms with Crippen molar-refractivity contribution in [2.24, 2.45) is 0 Å². The number of amides is 2. The van der Waals surface area contributed by atoms with Crippen LogP contribution < -0.4 is 14.8 Å². The van der Waals surface area contributed by atoms with Gasteiger partial charge in [0.15, 0.2) is 0 Å². The second-order valence-electron chi connectivity index (χ2n) is 9.18. The van der Waals surface area contributed by atoms with Crippen LogP contribution in [0.2, 0.25) is 0 Å². The number of nitrogens with zero attached hydrogens (tertiary/aromatic N) is 2. The lowest BCUT2D eigenvalue weighted by atomic mass is 9.93. The van der Waals surface area contributed by atoms with Crippen molar-refractivity contribution in [3.05, 3.63) is 95.9 Å². The summed E-state index contributed by atoms with van der Waals surface area (Å²) in [5.41, 5.74) is 1.74. The molecule has 3 heterocycles. The SMILES string of the molecule is COc1ccc(OC)c(CN2C(=O)c3ccc(-c4ccco4)n3C[C@]2(C)C(=O)NCc2ccccc2)c1. The predicted molar refractivity (Wildman–Crippen MR) is 138 cm³/mol. The fraction of sp³-hybridized carbons (Fsp3) is 0.241. The van der Waals surface area contributed by atoms with E-state index in [1.807, 2.05) is 53.1 Å². The molecule has 4 aromatic rings. The van der Waals surface area contributed by atoms with Crippen LogP contribution in [-0.2, 0) is 24.4 Å². The van der Waals surface area contributed by atoms with Crippen molar-refractivity contribution in [3.63, 3.8) is 0 Å². The maximum Gasteiger partial charge on any atom is 0.271 e. The summed E-state index contributed by atoms with van der Waals surface area (Å²) in [7, 11) is 3.16. The molecule has 2 aromatic carbocycles. The number of rotatable bonds is 8. The molecule has 2 aromatic heterocycles. The third-order valence-electron chi connectivity index (χ3n) is 6.88. The summed E-state index contributed by atoms with van der Waals surface area (Å²) >= 11 is 0. The lowest BCUT2D eigenvalue weighted by Crippen LogP contribution is -2.63. The number of furan rings is 1. The molecule has 8 nitrogen and oxygen atoms in total. The number of methoxy groups -OCH3 is 2. The third-order valence-corrected chi connectivity index (χ3v) is 6.88. The number of benzene rings is 2. The summed E-state index contributed by atoms with van der Waals surface area (Å²) in [6, 6.07) is 22.4. The van der Waals surface area contributed by atoms with E-state index in [9.17, 15) is 9.59 Å². The Kier molecular flexibility index (Phi) is 6.48. The van der Waals surface area contributed by atoms with Gasteiger partial charge < -0.3 is 28.7 Å². The highest BCUT2D eigenvalue weighted by Gasteiger charge is 2.48. The molecular weight excluding hydrogens is 470 g/mol. The Morgan fingerprint density at radius 1 is 1.00 bits per heavy atom. The minimum atomic E-state index is -1.20. The summed E-state index contributed by atoms with van der Waals surface area (Å²) < 4.78 is 18.5. The number of carbonyl (C=O) groups is 2. The van der Waals surface area contributed by atoms with Gasteiger partial charge in [-0.2, -0.15) is 0 Å². The van der Waals surface area contributed by atoms with Crippen LogP contribution in [0.1, 0.15) is 28.5 Å². The van der Waals surface area contributed by atoms with Crippen LogP contribution in [0.5, 0.6) is 11.5 Å². The molecule has 1 atom stereocenters. The fourth-order valence-electron chi connectivity index (χ4n) is 4.80. The molecule has 0 bridgehead atoms. The first-order valence-electron chi connectivity index (χ1n) is 12.0. The van der Waals surface area contributed by atoms with Crippen molar-refractivity contribution in [1.29, 1.82) is 0 Å². The predicted octanol–water partition coefficient (Wildman–Crippen LogP) is 4.50. The van der Waals surface area contributed by atoms with Gasteiger partial charge >= 0.3 is 0 Å². The van der Waals surface area contributed by atoms with E-state index in [-0.39, 0.29) is 24.9 Å². The van der Waals surface area contributed by atoms with E-state index in [0.717, 1.165) is 16.8 Å². The molecule has 37 heavy (non-hydrogen) atoms. The van der Waals surface area contributed by atoms with Gasteiger partial charge in [-0.25, -0.2) is 0 Å². The van der Waals surface area contributed by atoms with Gasteiger partial charge in [0, 0.05) is 12.1 Å². The Labute approximate surface area is 215 Å². The number of nitrogens with one attached hydrogen (secondary N) is 1. The van der Waals surface area contributed by atoms with Gasteiger partial charge in [0.05, 0.1) is 39.3 Å². The molecule has 0 aliphatic carbocycles. The Hall–Kier alpha value is -4.46. The minimum Gasteiger partial charge on any atom is -0.497 e. The lowest BCUT2D eigenvalue weighted by molar-refractivity contribution is -0.133. The second-order valence-corrected chi connectivity index (χ2v) is 9.18. The smallest absolute Gasteiger partial charge is 0.271 e. The second kappa shape index (κ2) is 9.89. The summed E-state index contributed by atoms with van der Waals surface area (Å²) in [6.07, 6.45) is 1.59. The van der Waals surface area contributed by atoms with Gasteiger partial charge in [-0.05, 0) is 55.0 Å². The van der Waals surface area contributed by atoms with Crippen LogP contribution in [0.15, 0.2) is 83.5 Å². The lowest BCUT2D eigenvalue weighted by Gasteiger charge is -2.44. The molecule has 190 valence electrons. The van der Waals surface area contributed by atoms with Gasteiger partial charge in [0.25, 0.3) is 5.91 Å². The molecule has 0 saturated heterocycles. The first-order chi connectivity index (χ1) is 17.9. The zero-order valence-corrected chi connectivity index (χ0v) is 21.1. The van der Waals surface area contributed by atoms with Crippen molar-refractivity contribution >= 4 is 11.8 Å². The first kappa shape index (κ1) is 24.2. The molecule has 8 heteroatoms. The number of aromatic nitrogens is 1. The van der Waals surface area contributed by atoms with E-state index in [4.69, 9.17) is 13.9 Å². The number of fused-ring (bicyclic) bond motifs is 1. The Morgan fingerprint density at radius 3 is 2.49 bits per heavy atom. The number of ether oxygens (including phenoxy) is 2. The average Bonchev–Trinajstić information content (AvgIpc) is 3.60. The van der Waals surface area contributed by atoms with Crippen molar-refractivity contribution in [2.45, 2.75) is 32.1 Å². The van der Waals surface area contributed by atoms with E-state index in [0.29, 0.717) is 29.5 Å². The number of hydrogen-bond acceptors (Lipinski definition) is 5. The van der Waals surface area contributed by atoms with Crippen LogP contribution in [-0.4, -0.2) is 41.0 Å². The Morgan fingerprint density at radius 2 is 1.78 bits per heavy atom. The van der Waals surface area contributed by atoms with Crippen LogP contribution >= 0.6 is 0 Å². The van der Waals surface area contributed by atoms with Crippen LogP contribution in [0.4, 0.5) is 0 Å². The van der Waals surface area contributed by atoms with Gasteiger partial charge in [-0.15, -0.1) is 0 Å². The average molecular weight is 500 g/mol. The van der Waals surface area contributed by atoms with Gasteiger partial charge in [0.1, 0.15) is 28.5 Å². The van der Waals surface area contributed by atoms with Gasteiger partial charge in [-0.1, -0.05) is 30.3 Å². The van der Waals surface area contributed by atoms with E-state index in [1.165, 1.54) is 0 Å². The van der Waals surface area contributed by atoms with Gasteiger partial charge in [0.2, 0.25) is 5.91 Å². The van der Waals surface area contributed by atoms with Crippen molar-refractivity contribution in [3.8, 4) is 23.0 Å². The maximum atomic E-state index is 14.0. The monoisotopic (exact) mass is 499 g/mol. The first-order valence-corrected chi connectivity index (χ1v) is 12.0. The molecule has 0 saturated carbocycles. The standard InChI is InChI=1S/C29H29N3O5/c1-29(28(34)30-17-20-8-5-4-6-9-20)19-31-23(26-10-7-15-37-26)12-13-24(31)27(33)32(29)18-21-16-22(35-2)11-14-25(21)36-3/h4-16H,17-19H2,1-3H3,(H,30,34)/t29-/m1/s1. The highest BCUT2D eigenvalue weighted by Crippen LogP contribution is 2.36. The van der Waals surface area contributed by atoms with Crippen LogP contribution in [0.25, 0.3) is 11.5 Å². The van der Waals surface area contributed by atoms with E-state index in [1.54, 1.807) is 56.6 Å². The van der Waals surface area contributed by atoms with Crippen molar-refractivity contribution < 1.29 is 23.5 Å². The summed E-state index contributed by atoms with van der Waals surface area (Å²) in [4.78, 5) is 29.4. The van der Waals surface area contributed by atoms with Crippen molar-refractivity contribution in [2.75, 3.05) is 14.2 Å². The molecule has 0 fully saturated rings. The molecule has 1 aliphatic heterocycles. The Bertz CT molecular complexity index is 1410. The van der Waals surface area contributed by atoms with E-state index in [2.05, 4.69) is 5.32 Å². The maximum absolute atomic E-state index is 14.0. The molecule has 2 amide bonds.